The monoisotopic (exact) mass is 233 g/mol. The van der Waals surface area contributed by atoms with Gasteiger partial charge >= 0.3 is 0 Å². The van der Waals surface area contributed by atoms with E-state index in [0.29, 0.717) is 0 Å². The molecule has 0 radical (unpaired) electrons. The third kappa shape index (κ3) is 1.78. The van der Waals surface area contributed by atoms with Crippen molar-refractivity contribution in [2.75, 3.05) is 13.7 Å². The smallest absolute Gasteiger partial charge is 0.246 e. The summed E-state index contributed by atoms with van der Waals surface area (Å²) in [6.07, 6.45) is 1.89. The Bertz CT molecular complexity index is 458. The molecule has 1 saturated heterocycles. The van der Waals surface area contributed by atoms with E-state index >= 15 is 0 Å². The third-order valence-corrected chi connectivity index (χ3v) is 3.49. The first-order valence-corrected chi connectivity index (χ1v) is 5.85. The molecule has 1 N–H and O–H groups in total. The number of rotatable bonds is 1. The summed E-state index contributed by atoms with van der Waals surface area (Å²) in [6.45, 7) is 0.151. The summed E-state index contributed by atoms with van der Waals surface area (Å²) in [5, 5.41) is 2.99. The molecule has 1 fully saturated rings. The van der Waals surface area contributed by atoms with Crippen LogP contribution in [-0.4, -0.2) is 25.7 Å². The Labute approximate surface area is 99.9 Å². The molecule has 3 rings (SSSR count). The SMILES string of the molecule is COc1ccc2c(c1)[C@@H]1OCC(=O)N[C@H]1CC2. The van der Waals surface area contributed by atoms with Gasteiger partial charge in [0.05, 0.1) is 13.2 Å². The summed E-state index contributed by atoms with van der Waals surface area (Å²) in [5.41, 5.74) is 2.45. The molecule has 2 aliphatic rings. The molecule has 4 nitrogen and oxygen atoms in total. The van der Waals surface area contributed by atoms with Crippen LogP contribution in [0.4, 0.5) is 0 Å². The van der Waals surface area contributed by atoms with Gasteiger partial charge < -0.3 is 14.8 Å². The minimum absolute atomic E-state index is 0.0161. The zero-order valence-corrected chi connectivity index (χ0v) is 9.73. The van der Waals surface area contributed by atoms with Crippen LogP contribution in [0.25, 0.3) is 0 Å². The van der Waals surface area contributed by atoms with E-state index in [1.807, 2.05) is 12.1 Å². The quantitative estimate of drug-likeness (QED) is 0.792. The van der Waals surface area contributed by atoms with Gasteiger partial charge in [-0.2, -0.15) is 0 Å². The summed E-state index contributed by atoms with van der Waals surface area (Å²) >= 11 is 0. The molecule has 4 heteroatoms. The fourth-order valence-corrected chi connectivity index (χ4v) is 2.64. The van der Waals surface area contributed by atoms with Crippen molar-refractivity contribution >= 4 is 5.91 Å². The number of hydrogen-bond acceptors (Lipinski definition) is 3. The lowest BCUT2D eigenvalue weighted by Crippen LogP contribution is -2.49. The molecule has 1 aliphatic heterocycles. The number of ether oxygens (including phenoxy) is 2. The lowest BCUT2D eigenvalue weighted by molar-refractivity contribution is -0.137. The lowest BCUT2D eigenvalue weighted by Gasteiger charge is -2.37. The Morgan fingerprint density at radius 1 is 1.47 bits per heavy atom. The normalized spacial score (nSPS) is 26.8. The highest BCUT2D eigenvalue weighted by atomic mass is 16.5. The van der Waals surface area contributed by atoms with Gasteiger partial charge in [0.15, 0.2) is 0 Å². The molecular weight excluding hydrogens is 218 g/mol. The average molecular weight is 233 g/mol. The lowest BCUT2D eigenvalue weighted by atomic mass is 9.85. The van der Waals surface area contributed by atoms with Crippen LogP contribution in [0.2, 0.25) is 0 Å². The zero-order valence-electron chi connectivity index (χ0n) is 9.73. The second kappa shape index (κ2) is 4.04. The van der Waals surface area contributed by atoms with E-state index in [0.717, 1.165) is 24.2 Å². The van der Waals surface area contributed by atoms with E-state index < -0.39 is 0 Å². The van der Waals surface area contributed by atoms with Gasteiger partial charge in [0.25, 0.3) is 0 Å². The predicted molar refractivity (Wildman–Crippen MR) is 61.9 cm³/mol. The van der Waals surface area contributed by atoms with Crippen molar-refractivity contribution in [2.24, 2.45) is 0 Å². The molecule has 0 bridgehead atoms. The number of benzene rings is 1. The van der Waals surface area contributed by atoms with E-state index in [-0.39, 0.29) is 24.7 Å². The van der Waals surface area contributed by atoms with Crippen molar-refractivity contribution in [3.8, 4) is 5.75 Å². The molecule has 0 aromatic heterocycles. The molecular formula is C13H15NO3. The summed E-state index contributed by atoms with van der Waals surface area (Å²) in [7, 11) is 1.66. The number of morpholine rings is 1. The molecule has 1 heterocycles. The Kier molecular flexibility index (Phi) is 2.52. The van der Waals surface area contributed by atoms with E-state index in [9.17, 15) is 4.79 Å². The van der Waals surface area contributed by atoms with Gasteiger partial charge in [-0.05, 0) is 36.1 Å². The Morgan fingerprint density at radius 3 is 3.18 bits per heavy atom. The van der Waals surface area contributed by atoms with Crippen LogP contribution in [0.1, 0.15) is 23.7 Å². The van der Waals surface area contributed by atoms with Crippen LogP contribution in [-0.2, 0) is 16.0 Å². The number of nitrogens with one attached hydrogen (secondary N) is 1. The van der Waals surface area contributed by atoms with Crippen LogP contribution in [0.3, 0.4) is 0 Å². The molecule has 1 aliphatic carbocycles. The maximum atomic E-state index is 11.3. The van der Waals surface area contributed by atoms with E-state index in [2.05, 4.69) is 11.4 Å². The fraction of sp³-hybridized carbons (Fsp3) is 0.462. The molecule has 1 aromatic rings. The number of amides is 1. The molecule has 90 valence electrons. The first kappa shape index (κ1) is 10.6. The molecule has 0 spiro atoms. The molecule has 2 atom stereocenters. The number of carbonyl (C=O) groups is 1. The summed E-state index contributed by atoms with van der Waals surface area (Å²) in [5.74, 6) is 0.822. The molecule has 1 amide bonds. The number of hydrogen-bond donors (Lipinski definition) is 1. The van der Waals surface area contributed by atoms with Crippen LogP contribution >= 0.6 is 0 Å². The van der Waals surface area contributed by atoms with Gasteiger partial charge in [0.1, 0.15) is 18.5 Å². The van der Waals surface area contributed by atoms with E-state index in [4.69, 9.17) is 9.47 Å². The fourth-order valence-electron chi connectivity index (χ4n) is 2.64. The van der Waals surface area contributed by atoms with Crippen molar-refractivity contribution < 1.29 is 14.3 Å². The Balaban J connectivity index is 1.97. The average Bonchev–Trinajstić information content (AvgIpc) is 2.37. The molecule has 17 heavy (non-hydrogen) atoms. The highest BCUT2D eigenvalue weighted by molar-refractivity contribution is 5.78. The van der Waals surface area contributed by atoms with Gasteiger partial charge in [-0.25, -0.2) is 0 Å². The summed E-state index contributed by atoms with van der Waals surface area (Å²) in [4.78, 5) is 11.3. The summed E-state index contributed by atoms with van der Waals surface area (Å²) < 4.78 is 10.9. The van der Waals surface area contributed by atoms with Crippen molar-refractivity contribution in [2.45, 2.75) is 25.0 Å². The highest BCUT2D eigenvalue weighted by Gasteiger charge is 2.35. The number of methoxy groups -OCH3 is 1. The number of aryl methyl sites for hydroxylation is 1. The standard InChI is InChI=1S/C13H15NO3/c1-16-9-4-2-8-3-5-11-13(10(8)6-9)17-7-12(15)14-11/h2,4,6,11,13H,3,5,7H2,1H3,(H,14,15)/t11-,13-/m0/s1. The third-order valence-electron chi connectivity index (χ3n) is 3.49. The molecule has 0 saturated carbocycles. The largest absolute Gasteiger partial charge is 0.497 e. The van der Waals surface area contributed by atoms with Crippen molar-refractivity contribution in [3.05, 3.63) is 29.3 Å². The first-order valence-electron chi connectivity index (χ1n) is 5.85. The van der Waals surface area contributed by atoms with Crippen LogP contribution in [0.15, 0.2) is 18.2 Å². The highest BCUT2D eigenvalue weighted by Crippen LogP contribution is 2.36. The van der Waals surface area contributed by atoms with Crippen molar-refractivity contribution in [1.82, 2.24) is 5.32 Å². The topological polar surface area (TPSA) is 47.6 Å². The zero-order chi connectivity index (χ0) is 11.8. The summed E-state index contributed by atoms with van der Waals surface area (Å²) in [6, 6.07) is 6.19. The maximum Gasteiger partial charge on any atom is 0.246 e. The van der Waals surface area contributed by atoms with Crippen molar-refractivity contribution in [1.29, 1.82) is 0 Å². The molecule has 0 unspecified atom stereocenters. The Morgan fingerprint density at radius 2 is 2.35 bits per heavy atom. The second-order valence-corrected chi connectivity index (χ2v) is 4.51. The van der Waals surface area contributed by atoms with Crippen LogP contribution < -0.4 is 10.1 Å². The van der Waals surface area contributed by atoms with Gasteiger partial charge in [-0.15, -0.1) is 0 Å². The number of carbonyl (C=O) groups excluding carboxylic acids is 1. The van der Waals surface area contributed by atoms with Gasteiger partial charge in [0, 0.05) is 0 Å². The molecule has 1 aromatic carbocycles. The number of fused-ring (bicyclic) bond motifs is 3. The van der Waals surface area contributed by atoms with Crippen LogP contribution in [0, 0.1) is 0 Å². The minimum Gasteiger partial charge on any atom is -0.497 e. The predicted octanol–water partition coefficient (Wildman–Crippen LogP) is 1.20. The van der Waals surface area contributed by atoms with Gasteiger partial charge in [-0.3, -0.25) is 4.79 Å². The van der Waals surface area contributed by atoms with Gasteiger partial charge in [0.2, 0.25) is 5.91 Å². The minimum atomic E-state index is -0.0217. The maximum absolute atomic E-state index is 11.3. The van der Waals surface area contributed by atoms with E-state index in [1.165, 1.54) is 5.56 Å². The second-order valence-electron chi connectivity index (χ2n) is 4.51. The Hall–Kier alpha value is -1.55. The van der Waals surface area contributed by atoms with Crippen LogP contribution in [0.5, 0.6) is 5.75 Å². The first-order chi connectivity index (χ1) is 8.28. The van der Waals surface area contributed by atoms with Gasteiger partial charge in [-0.1, -0.05) is 6.07 Å². The van der Waals surface area contributed by atoms with E-state index in [1.54, 1.807) is 7.11 Å². The van der Waals surface area contributed by atoms with Crippen molar-refractivity contribution in [3.63, 3.8) is 0 Å².